The van der Waals surface area contributed by atoms with Crippen molar-refractivity contribution in [3.05, 3.63) is 359 Å². The molecule has 0 bridgehead atoms. The summed E-state index contributed by atoms with van der Waals surface area (Å²) in [7, 11) is 0. The van der Waals surface area contributed by atoms with E-state index in [0.717, 1.165) is 67.3 Å². The maximum absolute atomic E-state index is 13.9. The van der Waals surface area contributed by atoms with Crippen LogP contribution in [0.3, 0.4) is 0 Å². The van der Waals surface area contributed by atoms with Crippen LogP contribution >= 0.6 is 0 Å². The molecule has 502 valence electrons. The minimum absolute atomic E-state index is 0.101. The van der Waals surface area contributed by atoms with E-state index in [9.17, 15) is 14.6 Å². The van der Waals surface area contributed by atoms with Crippen molar-refractivity contribution in [3.63, 3.8) is 0 Å². The number of phenols is 2. The first-order chi connectivity index (χ1) is 47.7. The molecule has 0 unspecified atom stereocenters. The molecule has 0 atom stereocenters. The third kappa shape index (κ3) is 22.6. The summed E-state index contributed by atoms with van der Waals surface area (Å²) in [6.07, 6.45) is 0. The molecule has 13 aromatic rings. The summed E-state index contributed by atoms with van der Waals surface area (Å²) in [6.45, 7) is 25.6. The SMILES string of the molecule is Cc1ccc(C)[n-]1.Cc1ccc(C)[n-]1.Cc1cccc(C)c1[N]=[Mo]=[CH]C(C)(C)c1ccccc1.Cc1cccc(C)c1[N]=[Mo]=[CH]C(C)(C)c1ccccc1.Oc1c(-c2ccccc2)cc(-c2ccccc2)cc1-c1ccccc1.Oc1c(-c2ccccc2)cc(F)cc1-c1ccccc1. The predicted molar refractivity (Wildman–Crippen MR) is 409 cm³/mol. The maximum Gasteiger partial charge on any atom is 0.131 e. The molecule has 99 heavy (non-hydrogen) atoms. The number of aromatic nitrogens is 2. The van der Waals surface area contributed by atoms with Gasteiger partial charge in [0.05, 0.1) is 0 Å². The van der Waals surface area contributed by atoms with E-state index in [1.54, 1.807) is 0 Å². The van der Waals surface area contributed by atoms with E-state index in [1.807, 2.05) is 191 Å². The second kappa shape index (κ2) is 37.3. The Hall–Kier alpha value is -9.77. The zero-order chi connectivity index (χ0) is 70.7. The Morgan fingerprint density at radius 2 is 0.545 bits per heavy atom. The smallest absolute Gasteiger partial charge is 0.131 e. The van der Waals surface area contributed by atoms with E-state index in [1.165, 1.54) is 56.9 Å². The van der Waals surface area contributed by atoms with Gasteiger partial charge < -0.3 is 20.2 Å². The van der Waals surface area contributed by atoms with Gasteiger partial charge in [0.2, 0.25) is 0 Å². The van der Waals surface area contributed by atoms with Gasteiger partial charge in [0.15, 0.2) is 0 Å². The molecule has 13 rings (SSSR count). The summed E-state index contributed by atoms with van der Waals surface area (Å²) in [6, 6.07) is 97.9. The fraction of sp³-hybridized carbons (Fsp3) is 0.156. The van der Waals surface area contributed by atoms with Gasteiger partial charge in [0.1, 0.15) is 17.3 Å². The van der Waals surface area contributed by atoms with E-state index in [4.69, 9.17) is 6.99 Å². The number of nitrogens with zero attached hydrogens (tertiary/aromatic N) is 4. The average molecular weight is 1470 g/mol. The number of halogens is 1. The Morgan fingerprint density at radius 1 is 0.303 bits per heavy atom. The van der Waals surface area contributed by atoms with Crippen molar-refractivity contribution < 1.29 is 50.4 Å². The standard InChI is InChI=1S/C24H18O.C18H13FO.2C10H12.2C8H9N.2C6H8N.2Mo/c25-24-22(19-12-6-2-7-13-19)16-21(18-10-4-1-5-11-18)17-23(24)20-14-8-3-9-15-20;19-15-11-16(13-7-3-1-4-8-13)18(20)17(12-15)14-9-5-2-6-10-14;2*1-10(2,3)9-7-5-4-6-8-9;2*1-6-4-3-5-7(2)8(6)9;2*1-5-3-4-6(2)7-5;;/h1-17,25H;1-12,20H;2*1,4-8H,2-3H3;2*3-5H,1-2H3;2*3-4H,1-2H3;;/q;;;;;;2*-1;;. The average Bonchev–Trinajstić information content (AvgIpc) is 0.936. The number of phenolic OH excluding ortho intramolecular Hbond substituents is 2. The Balaban J connectivity index is 0.000000158. The molecule has 6 nitrogen and oxygen atoms in total. The summed E-state index contributed by atoms with van der Waals surface area (Å²) >= 11 is -0.986. The van der Waals surface area contributed by atoms with Crippen LogP contribution in [0.2, 0.25) is 0 Å². The van der Waals surface area contributed by atoms with Gasteiger partial charge in [-0.1, -0.05) is 204 Å². The molecule has 11 aromatic carbocycles. The Morgan fingerprint density at radius 3 is 0.798 bits per heavy atom. The van der Waals surface area contributed by atoms with Gasteiger partial charge in [-0.15, -0.1) is 0 Å². The summed E-state index contributed by atoms with van der Waals surface area (Å²) in [5.74, 6) is 0.0568. The first kappa shape index (κ1) is 75.0. The number of aryl methyl sites for hydroxylation is 8. The number of hydrogen-bond acceptors (Lipinski definition) is 4. The second-order valence-electron chi connectivity index (χ2n) is 25.3. The van der Waals surface area contributed by atoms with Crippen LogP contribution < -0.4 is 9.97 Å². The van der Waals surface area contributed by atoms with E-state index in [-0.39, 0.29) is 22.4 Å². The fourth-order valence-corrected chi connectivity index (χ4v) is 14.9. The number of rotatable bonds is 11. The van der Waals surface area contributed by atoms with Crippen LogP contribution in [-0.2, 0) is 46.7 Å². The molecular weight excluding hydrogens is 1380 g/mol. The van der Waals surface area contributed by atoms with Gasteiger partial charge in [-0.05, 0) is 57.6 Å². The quantitative estimate of drug-likeness (QED) is 0.126. The van der Waals surface area contributed by atoms with Crippen molar-refractivity contribution in [2.45, 2.75) is 93.9 Å². The van der Waals surface area contributed by atoms with Crippen LogP contribution in [0.25, 0.3) is 55.6 Å². The van der Waals surface area contributed by atoms with E-state index < -0.39 is 35.8 Å². The molecule has 0 saturated carbocycles. The molecule has 2 aromatic heterocycles. The molecule has 0 spiro atoms. The molecule has 2 heterocycles. The number of aromatic hydroxyl groups is 2. The molecule has 0 fully saturated rings. The topological polar surface area (TPSA) is 93.4 Å². The zero-order valence-electron chi connectivity index (χ0n) is 58.8. The Kier molecular flexibility index (Phi) is 28.2. The summed E-state index contributed by atoms with van der Waals surface area (Å²) < 4.78 is 28.5. The fourth-order valence-electron chi connectivity index (χ4n) is 10.8. The van der Waals surface area contributed by atoms with Gasteiger partial charge in [0.25, 0.3) is 0 Å². The van der Waals surface area contributed by atoms with E-state index in [2.05, 4.69) is 195 Å². The van der Waals surface area contributed by atoms with Gasteiger partial charge in [-0.2, -0.15) is 22.8 Å². The molecule has 0 amide bonds. The Labute approximate surface area is 603 Å². The van der Waals surface area contributed by atoms with Crippen molar-refractivity contribution in [1.29, 1.82) is 0 Å². The van der Waals surface area contributed by atoms with E-state index in [0.29, 0.717) is 16.9 Å². The Bertz CT molecular complexity index is 4440. The summed E-state index contributed by atoms with van der Waals surface area (Å²) in [5.41, 5.74) is 23.4. The van der Waals surface area contributed by atoms with Crippen molar-refractivity contribution in [3.8, 4) is 67.1 Å². The normalized spacial score (nSPS) is 10.6. The minimum atomic E-state index is -0.493. The van der Waals surface area contributed by atoms with Gasteiger partial charge in [0, 0.05) is 22.3 Å². The third-order valence-corrected chi connectivity index (χ3v) is 21.2. The molecule has 0 aliphatic carbocycles. The molecule has 0 saturated heterocycles. The van der Waals surface area contributed by atoms with Crippen LogP contribution in [0.15, 0.2) is 304 Å². The molecular formula is C90H89FMo2N4O2-2. The predicted octanol–water partition coefficient (Wildman–Crippen LogP) is 23.7. The monoisotopic (exact) mass is 1470 g/mol. The first-order valence-electron chi connectivity index (χ1n) is 33.1. The molecule has 2 N–H and O–H groups in total. The third-order valence-electron chi connectivity index (χ3n) is 16.4. The van der Waals surface area contributed by atoms with Crippen LogP contribution in [0.4, 0.5) is 15.8 Å². The van der Waals surface area contributed by atoms with Gasteiger partial charge in [-0.3, -0.25) is 0 Å². The summed E-state index contributed by atoms with van der Waals surface area (Å²) in [5, 5.41) is 21.4. The van der Waals surface area contributed by atoms with Gasteiger partial charge in [-0.25, -0.2) is 4.39 Å². The van der Waals surface area contributed by atoms with Crippen molar-refractivity contribution in [2.75, 3.05) is 0 Å². The first-order valence-corrected chi connectivity index (χ1v) is 37.2. The summed E-state index contributed by atoms with van der Waals surface area (Å²) in [4.78, 5) is 8.22. The van der Waals surface area contributed by atoms with Crippen molar-refractivity contribution >= 4 is 20.2 Å². The van der Waals surface area contributed by atoms with Crippen LogP contribution in [0.1, 0.15) is 83.9 Å². The van der Waals surface area contributed by atoms with Gasteiger partial charge >= 0.3 is 260 Å². The second-order valence-corrected chi connectivity index (χ2v) is 28.4. The molecule has 0 aliphatic heterocycles. The van der Waals surface area contributed by atoms with Crippen molar-refractivity contribution in [2.24, 2.45) is 6.99 Å². The van der Waals surface area contributed by atoms with Crippen molar-refractivity contribution in [1.82, 2.24) is 9.97 Å². The largest absolute Gasteiger partial charge is 0.507 e. The maximum atomic E-state index is 13.9. The minimum Gasteiger partial charge on any atom is -0.507 e. The molecule has 0 aliphatic rings. The van der Waals surface area contributed by atoms with Crippen LogP contribution in [0.5, 0.6) is 11.5 Å². The number of benzene rings is 11. The number of hydrogen-bond donors (Lipinski definition) is 2. The molecule has 9 heteroatoms. The molecule has 0 radical (unpaired) electrons. The van der Waals surface area contributed by atoms with Crippen LogP contribution in [0, 0.1) is 61.2 Å². The van der Waals surface area contributed by atoms with Crippen LogP contribution in [-0.4, -0.2) is 19.0 Å². The van der Waals surface area contributed by atoms with E-state index >= 15 is 0 Å². The zero-order valence-corrected chi connectivity index (χ0v) is 62.8.